The van der Waals surface area contributed by atoms with Crippen molar-refractivity contribution in [2.75, 3.05) is 0 Å². The third-order valence-corrected chi connectivity index (χ3v) is 3.06. The molecule has 0 unspecified atom stereocenters. The lowest BCUT2D eigenvalue weighted by molar-refractivity contribution is 0.0697. The molecule has 21 heavy (non-hydrogen) atoms. The van der Waals surface area contributed by atoms with E-state index in [9.17, 15) is 9.90 Å². The van der Waals surface area contributed by atoms with E-state index in [-0.39, 0.29) is 11.5 Å². The first kappa shape index (κ1) is 13.1. The van der Waals surface area contributed by atoms with Crippen molar-refractivity contribution in [3.05, 3.63) is 71.5 Å². The fraction of sp³-hybridized carbons (Fsp3) is 0.0625. The van der Waals surface area contributed by atoms with E-state index in [4.69, 9.17) is 4.52 Å². The summed E-state index contributed by atoms with van der Waals surface area (Å²) in [6, 6.07) is 16.3. The summed E-state index contributed by atoms with van der Waals surface area (Å²) in [4.78, 5) is 15.5. The van der Waals surface area contributed by atoms with Crippen molar-refractivity contribution in [1.29, 1.82) is 0 Å². The number of nitrogens with zero attached hydrogens (tertiary/aromatic N) is 2. The Morgan fingerprint density at radius 1 is 1.05 bits per heavy atom. The first-order valence-corrected chi connectivity index (χ1v) is 6.43. The molecule has 0 atom stereocenters. The summed E-state index contributed by atoms with van der Waals surface area (Å²) >= 11 is 0. The number of hydrogen-bond donors (Lipinski definition) is 1. The van der Waals surface area contributed by atoms with Crippen LogP contribution in [-0.2, 0) is 6.42 Å². The quantitative estimate of drug-likeness (QED) is 0.795. The summed E-state index contributed by atoms with van der Waals surface area (Å²) in [6.45, 7) is 0. The fourth-order valence-electron chi connectivity index (χ4n) is 2.07. The van der Waals surface area contributed by atoms with Gasteiger partial charge in [-0.25, -0.2) is 4.79 Å². The van der Waals surface area contributed by atoms with Gasteiger partial charge in [0.1, 0.15) is 0 Å². The molecule has 3 aromatic rings. The largest absolute Gasteiger partial charge is 0.478 e. The molecular weight excluding hydrogens is 268 g/mol. The van der Waals surface area contributed by atoms with Gasteiger partial charge in [-0.05, 0) is 17.7 Å². The van der Waals surface area contributed by atoms with E-state index in [1.54, 1.807) is 18.2 Å². The Labute approximate surface area is 120 Å². The second-order valence-electron chi connectivity index (χ2n) is 4.53. The number of aromatic nitrogens is 2. The van der Waals surface area contributed by atoms with Crippen LogP contribution in [0, 0.1) is 0 Å². The Kier molecular flexibility index (Phi) is 3.47. The number of benzene rings is 2. The van der Waals surface area contributed by atoms with Crippen LogP contribution in [0.15, 0.2) is 59.1 Å². The van der Waals surface area contributed by atoms with Crippen molar-refractivity contribution in [1.82, 2.24) is 10.1 Å². The molecule has 2 aromatic carbocycles. The number of carboxylic acids is 1. The maximum absolute atomic E-state index is 11.2. The highest BCUT2D eigenvalue weighted by molar-refractivity contribution is 5.94. The predicted octanol–water partition coefficient (Wildman–Crippen LogP) is 3.03. The Hall–Kier alpha value is -2.95. The van der Waals surface area contributed by atoms with E-state index >= 15 is 0 Å². The van der Waals surface area contributed by atoms with Gasteiger partial charge in [-0.15, -0.1) is 0 Å². The maximum Gasteiger partial charge on any atom is 0.336 e. The summed E-state index contributed by atoms with van der Waals surface area (Å²) < 4.78 is 5.19. The molecule has 0 saturated heterocycles. The minimum Gasteiger partial charge on any atom is -0.478 e. The second kappa shape index (κ2) is 5.58. The van der Waals surface area contributed by atoms with Crippen molar-refractivity contribution in [3.63, 3.8) is 0 Å². The van der Waals surface area contributed by atoms with Gasteiger partial charge in [0, 0.05) is 6.42 Å². The number of carbonyl (C=O) groups is 1. The predicted molar refractivity (Wildman–Crippen MR) is 75.9 cm³/mol. The molecule has 0 spiro atoms. The summed E-state index contributed by atoms with van der Waals surface area (Å²) in [5.74, 6) is -0.274. The normalized spacial score (nSPS) is 10.5. The molecule has 0 saturated carbocycles. The summed E-state index contributed by atoms with van der Waals surface area (Å²) in [5.41, 5.74) is 1.64. The van der Waals surface area contributed by atoms with Crippen LogP contribution in [0.25, 0.3) is 11.5 Å². The van der Waals surface area contributed by atoms with Crippen LogP contribution < -0.4 is 0 Å². The lowest BCUT2D eigenvalue weighted by atomic mass is 10.1. The van der Waals surface area contributed by atoms with Crippen molar-refractivity contribution >= 4 is 5.97 Å². The van der Waals surface area contributed by atoms with Gasteiger partial charge in [-0.1, -0.05) is 47.6 Å². The maximum atomic E-state index is 11.2. The Bertz CT molecular complexity index is 766. The SMILES string of the molecule is O=C(O)c1ccccc1-c1nc(Cc2ccccc2)no1. The molecule has 104 valence electrons. The van der Waals surface area contributed by atoms with E-state index in [0.717, 1.165) is 5.56 Å². The van der Waals surface area contributed by atoms with Crippen LogP contribution in [-0.4, -0.2) is 21.2 Å². The summed E-state index contributed by atoms with van der Waals surface area (Å²) in [5, 5.41) is 13.1. The van der Waals surface area contributed by atoms with Crippen LogP contribution in [0.4, 0.5) is 0 Å². The molecular formula is C16H12N2O3. The molecule has 0 aliphatic heterocycles. The van der Waals surface area contributed by atoms with Crippen LogP contribution >= 0.6 is 0 Å². The zero-order chi connectivity index (χ0) is 14.7. The monoisotopic (exact) mass is 280 g/mol. The molecule has 0 amide bonds. The fourth-order valence-corrected chi connectivity index (χ4v) is 2.07. The van der Waals surface area contributed by atoms with Crippen LogP contribution in [0.3, 0.4) is 0 Å². The highest BCUT2D eigenvalue weighted by Gasteiger charge is 2.16. The average Bonchev–Trinajstić information content (AvgIpc) is 2.96. The van der Waals surface area contributed by atoms with Gasteiger partial charge in [0.15, 0.2) is 5.82 Å². The number of hydrogen-bond acceptors (Lipinski definition) is 4. The van der Waals surface area contributed by atoms with Gasteiger partial charge in [0.2, 0.25) is 0 Å². The average molecular weight is 280 g/mol. The zero-order valence-corrected chi connectivity index (χ0v) is 11.1. The molecule has 0 fully saturated rings. The van der Waals surface area contributed by atoms with Crippen molar-refractivity contribution in [3.8, 4) is 11.5 Å². The van der Waals surface area contributed by atoms with Gasteiger partial charge >= 0.3 is 5.97 Å². The molecule has 1 heterocycles. The van der Waals surface area contributed by atoms with E-state index in [1.165, 1.54) is 6.07 Å². The molecule has 0 aliphatic carbocycles. The minimum atomic E-state index is -1.02. The van der Waals surface area contributed by atoms with Gasteiger partial charge in [-0.2, -0.15) is 4.98 Å². The Morgan fingerprint density at radius 3 is 2.52 bits per heavy atom. The van der Waals surface area contributed by atoms with Gasteiger partial charge in [0.05, 0.1) is 11.1 Å². The van der Waals surface area contributed by atoms with Crippen LogP contribution in [0.5, 0.6) is 0 Å². The molecule has 0 bridgehead atoms. The lowest BCUT2D eigenvalue weighted by Gasteiger charge is -1.99. The third kappa shape index (κ3) is 2.81. The van der Waals surface area contributed by atoms with Crippen molar-refractivity contribution < 1.29 is 14.4 Å². The third-order valence-electron chi connectivity index (χ3n) is 3.06. The van der Waals surface area contributed by atoms with E-state index in [2.05, 4.69) is 10.1 Å². The second-order valence-corrected chi connectivity index (χ2v) is 4.53. The molecule has 5 heteroatoms. The highest BCUT2D eigenvalue weighted by Crippen LogP contribution is 2.22. The Balaban J connectivity index is 1.90. The van der Waals surface area contributed by atoms with Gasteiger partial charge in [0.25, 0.3) is 5.89 Å². The minimum absolute atomic E-state index is 0.146. The van der Waals surface area contributed by atoms with Gasteiger partial charge < -0.3 is 9.63 Å². The number of rotatable bonds is 4. The van der Waals surface area contributed by atoms with E-state index in [0.29, 0.717) is 17.8 Å². The number of carboxylic acid groups (broad SMARTS) is 1. The van der Waals surface area contributed by atoms with Crippen LogP contribution in [0.1, 0.15) is 21.7 Å². The molecule has 1 N–H and O–H groups in total. The molecule has 5 nitrogen and oxygen atoms in total. The first-order chi connectivity index (χ1) is 10.2. The van der Waals surface area contributed by atoms with Gasteiger partial charge in [-0.3, -0.25) is 0 Å². The molecule has 0 radical (unpaired) electrons. The first-order valence-electron chi connectivity index (χ1n) is 6.43. The Morgan fingerprint density at radius 2 is 1.76 bits per heavy atom. The van der Waals surface area contributed by atoms with E-state index < -0.39 is 5.97 Å². The highest BCUT2D eigenvalue weighted by atomic mass is 16.5. The molecule has 3 rings (SSSR count). The smallest absolute Gasteiger partial charge is 0.336 e. The zero-order valence-electron chi connectivity index (χ0n) is 11.1. The summed E-state index contributed by atoms with van der Waals surface area (Å²) in [6.07, 6.45) is 0.541. The number of aromatic carboxylic acids is 1. The standard InChI is InChI=1S/C16H12N2O3/c19-16(20)13-9-5-4-8-12(13)15-17-14(18-21-15)10-11-6-2-1-3-7-11/h1-9H,10H2,(H,19,20). The lowest BCUT2D eigenvalue weighted by Crippen LogP contribution is -1.99. The van der Waals surface area contributed by atoms with E-state index in [1.807, 2.05) is 30.3 Å². The summed E-state index contributed by atoms with van der Waals surface area (Å²) in [7, 11) is 0. The van der Waals surface area contributed by atoms with Crippen molar-refractivity contribution in [2.45, 2.75) is 6.42 Å². The molecule has 0 aliphatic rings. The molecule has 1 aromatic heterocycles. The van der Waals surface area contributed by atoms with Crippen LogP contribution in [0.2, 0.25) is 0 Å². The topological polar surface area (TPSA) is 76.2 Å². The van der Waals surface area contributed by atoms with Crippen molar-refractivity contribution in [2.24, 2.45) is 0 Å².